The third-order valence-corrected chi connectivity index (χ3v) is 3.90. The Morgan fingerprint density at radius 1 is 1.32 bits per heavy atom. The average molecular weight is 257 g/mol. The van der Waals surface area contributed by atoms with Gasteiger partial charge in [0.25, 0.3) is 0 Å². The van der Waals surface area contributed by atoms with Crippen LogP contribution in [0, 0.1) is 5.92 Å². The molecule has 3 rings (SSSR count). The first-order valence-electron chi connectivity index (χ1n) is 6.79. The number of aliphatic hydroxyl groups is 1. The molecular weight excluding hydrogens is 238 g/mol. The van der Waals surface area contributed by atoms with Gasteiger partial charge >= 0.3 is 0 Å². The molecule has 2 unspecified atom stereocenters. The van der Waals surface area contributed by atoms with Gasteiger partial charge in [-0.25, -0.2) is 0 Å². The molecule has 1 aliphatic carbocycles. The monoisotopic (exact) mass is 257 g/mol. The van der Waals surface area contributed by atoms with Crippen LogP contribution in [0.1, 0.15) is 19.3 Å². The summed E-state index contributed by atoms with van der Waals surface area (Å²) in [5.41, 5.74) is 8.65. The van der Waals surface area contributed by atoms with Crippen LogP contribution < -0.4 is 11.1 Å². The van der Waals surface area contributed by atoms with Crippen LogP contribution in [-0.4, -0.2) is 22.7 Å². The van der Waals surface area contributed by atoms with Crippen molar-refractivity contribution in [1.82, 2.24) is 4.98 Å². The summed E-state index contributed by atoms with van der Waals surface area (Å²) < 4.78 is 0. The second kappa shape index (κ2) is 5.05. The molecule has 1 heterocycles. The second-order valence-electron chi connectivity index (χ2n) is 5.32. The van der Waals surface area contributed by atoms with E-state index < -0.39 is 0 Å². The summed E-state index contributed by atoms with van der Waals surface area (Å²) in [6.45, 7) is 0.882. The van der Waals surface area contributed by atoms with Crippen molar-refractivity contribution in [3.05, 3.63) is 30.5 Å². The number of rotatable bonds is 3. The number of nitrogen functional groups attached to an aromatic ring is 1. The van der Waals surface area contributed by atoms with E-state index in [-0.39, 0.29) is 6.10 Å². The minimum Gasteiger partial charge on any atom is -0.398 e. The van der Waals surface area contributed by atoms with Gasteiger partial charge in [0.1, 0.15) is 0 Å². The Kier molecular flexibility index (Phi) is 3.25. The Labute approximate surface area is 112 Å². The molecule has 4 N–H and O–H groups in total. The summed E-state index contributed by atoms with van der Waals surface area (Å²) in [6.07, 6.45) is 4.58. The van der Waals surface area contributed by atoms with E-state index in [2.05, 4.69) is 10.3 Å². The summed E-state index contributed by atoms with van der Waals surface area (Å²) in [5.74, 6) is 0.548. The van der Waals surface area contributed by atoms with E-state index in [4.69, 9.17) is 5.73 Å². The zero-order valence-corrected chi connectivity index (χ0v) is 10.8. The molecule has 1 fully saturated rings. The van der Waals surface area contributed by atoms with Gasteiger partial charge in [0.05, 0.1) is 17.3 Å². The summed E-state index contributed by atoms with van der Waals surface area (Å²) in [5, 5.41) is 14.0. The van der Waals surface area contributed by atoms with E-state index in [0.717, 1.165) is 48.1 Å². The third kappa shape index (κ3) is 2.49. The summed E-state index contributed by atoms with van der Waals surface area (Å²) in [7, 11) is 0. The second-order valence-corrected chi connectivity index (χ2v) is 5.32. The van der Waals surface area contributed by atoms with Crippen molar-refractivity contribution in [1.29, 1.82) is 0 Å². The van der Waals surface area contributed by atoms with Gasteiger partial charge in [-0.2, -0.15) is 0 Å². The quantitative estimate of drug-likeness (QED) is 0.738. The number of pyridine rings is 1. The van der Waals surface area contributed by atoms with Crippen LogP contribution in [0.15, 0.2) is 30.5 Å². The number of nitrogens with two attached hydrogens (primary N) is 1. The first kappa shape index (κ1) is 12.2. The molecule has 0 spiro atoms. The standard InChI is InChI=1S/C15H19N3O/c16-13-5-6-14(15-12(13)2-1-7-17-15)18-9-10-3-4-11(19)8-10/h1-2,5-7,10-11,18-19H,3-4,8-9,16H2. The largest absolute Gasteiger partial charge is 0.398 e. The highest BCUT2D eigenvalue weighted by Crippen LogP contribution is 2.29. The van der Waals surface area contributed by atoms with E-state index in [1.165, 1.54) is 0 Å². The van der Waals surface area contributed by atoms with Gasteiger partial charge in [0.15, 0.2) is 0 Å². The lowest BCUT2D eigenvalue weighted by Crippen LogP contribution is -2.13. The molecule has 19 heavy (non-hydrogen) atoms. The van der Waals surface area contributed by atoms with Crippen LogP contribution in [0.2, 0.25) is 0 Å². The number of aliphatic hydroxyl groups excluding tert-OH is 1. The van der Waals surface area contributed by atoms with Crippen LogP contribution in [0.3, 0.4) is 0 Å². The van der Waals surface area contributed by atoms with Crippen LogP contribution in [0.25, 0.3) is 10.9 Å². The van der Waals surface area contributed by atoms with E-state index in [1.54, 1.807) is 6.20 Å². The predicted molar refractivity (Wildman–Crippen MR) is 78.0 cm³/mol. The normalized spacial score (nSPS) is 22.8. The number of hydrogen-bond donors (Lipinski definition) is 3. The Morgan fingerprint density at radius 2 is 2.21 bits per heavy atom. The fraction of sp³-hybridized carbons (Fsp3) is 0.400. The van der Waals surface area contributed by atoms with Crippen molar-refractivity contribution in [2.45, 2.75) is 25.4 Å². The molecule has 1 saturated carbocycles. The molecule has 2 atom stereocenters. The van der Waals surface area contributed by atoms with Crippen molar-refractivity contribution in [3.8, 4) is 0 Å². The maximum absolute atomic E-state index is 9.55. The molecule has 1 aromatic heterocycles. The Hall–Kier alpha value is -1.81. The molecular formula is C15H19N3O. The highest BCUT2D eigenvalue weighted by molar-refractivity contribution is 5.98. The fourth-order valence-electron chi connectivity index (χ4n) is 2.83. The number of hydrogen-bond acceptors (Lipinski definition) is 4. The number of fused-ring (bicyclic) bond motifs is 1. The zero-order chi connectivity index (χ0) is 13.2. The van der Waals surface area contributed by atoms with Crippen molar-refractivity contribution >= 4 is 22.3 Å². The average Bonchev–Trinajstić information content (AvgIpc) is 2.84. The molecule has 0 saturated heterocycles. The summed E-state index contributed by atoms with van der Waals surface area (Å²) in [4.78, 5) is 4.41. The Morgan fingerprint density at radius 3 is 3.00 bits per heavy atom. The molecule has 0 radical (unpaired) electrons. The van der Waals surface area contributed by atoms with Gasteiger partial charge in [0, 0.05) is 23.8 Å². The van der Waals surface area contributed by atoms with E-state index in [0.29, 0.717) is 5.92 Å². The third-order valence-electron chi connectivity index (χ3n) is 3.90. The maximum atomic E-state index is 9.55. The molecule has 0 bridgehead atoms. The summed E-state index contributed by atoms with van der Waals surface area (Å²) in [6, 6.07) is 7.78. The fourth-order valence-corrected chi connectivity index (χ4v) is 2.83. The molecule has 100 valence electrons. The molecule has 1 aliphatic rings. The first-order valence-corrected chi connectivity index (χ1v) is 6.79. The van der Waals surface area contributed by atoms with Gasteiger partial charge in [-0.05, 0) is 49.4 Å². The molecule has 0 aliphatic heterocycles. The van der Waals surface area contributed by atoms with Gasteiger partial charge in [-0.3, -0.25) is 4.98 Å². The SMILES string of the molecule is Nc1ccc(NCC2CCC(O)C2)c2ncccc12. The Bertz CT molecular complexity index is 585. The molecule has 0 amide bonds. The van der Waals surface area contributed by atoms with Crippen molar-refractivity contribution in [2.75, 3.05) is 17.6 Å². The number of nitrogens with zero attached hydrogens (tertiary/aromatic N) is 1. The number of benzene rings is 1. The number of aromatic nitrogens is 1. The van der Waals surface area contributed by atoms with Gasteiger partial charge in [0.2, 0.25) is 0 Å². The Balaban J connectivity index is 1.79. The first-order chi connectivity index (χ1) is 9.24. The highest BCUT2D eigenvalue weighted by atomic mass is 16.3. The molecule has 2 aromatic rings. The van der Waals surface area contributed by atoms with Gasteiger partial charge in [-0.1, -0.05) is 0 Å². The van der Waals surface area contributed by atoms with Crippen LogP contribution >= 0.6 is 0 Å². The van der Waals surface area contributed by atoms with Crippen molar-refractivity contribution < 1.29 is 5.11 Å². The lowest BCUT2D eigenvalue weighted by molar-refractivity contribution is 0.178. The van der Waals surface area contributed by atoms with Gasteiger partial charge < -0.3 is 16.2 Å². The molecule has 1 aromatic carbocycles. The smallest absolute Gasteiger partial charge is 0.0953 e. The minimum absolute atomic E-state index is 0.118. The lowest BCUT2D eigenvalue weighted by atomic mass is 10.1. The van der Waals surface area contributed by atoms with Crippen molar-refractivity contribution in [2.24, 2.45) is 5.92 Å². The zero-order valence-electron chi connectivity index (χ0n) is 10.8. The van der Waals surface area contributed by atoms with E-state index >= 15 is 0 Å². The number of anilines is 2. The topological polar surface area (TPSA) is 71.2 Å². The molecule has 4 nitrogen and oxygen atoms in total. The van der Waals surface area contributed by atoms with E-state index in [1.807, 2.05) is 24.3 Å². The maximum Gasteiger partial charge on any atom is 0.0953 e. The van der Waals surface area contributed by atoms with E-state index in [9.17, 15) is 5.11 Å². The summed E-state index contributed by atoms with van der Waals surface area (Å²) >= 11 is 0. The number of nitrogens with one attached hydrogen (secondary N) is 1. The lowest BCUT2D eigenvalue weighted by Gasteiger charge is -2.14. The van der Waals surface area contributed by atoms with Crippen LogP contribution in [0.5, 0.6) is 0 Å². The predicted octanol–water partition coefficient (Wildman–Crippen LogP) is 2.39. The van der Waals surface area contributed by atoms with Crippen LogP contribution in [-0.2, 0) is 0 Å². The highest BCUT2D eigenvalue weighted by Gasteiger charge is 2.22. The van der Waals surface area contributed by atoms with Crippen LogP contribution in [0.4, 0.5) is 11.4 Å². The minimum atomic E-state index is -0.118. The molecule has 4 heteroatoms. The van der Waals surface area contributed by atoms with Gasteiger partial charge in [-0.15, -0.1) is 0 Å². The van der Waals surface area contributed by atoms with Crippen molar-refractivity contribution in [3.63, 3.8) is 0 Å².